The lowest BCUT2D eigenvalue weighted by Gasteiger charge is -2.62. The van der Waals surface area contributed by atoms with Crippen LogP contribution in [0.2, 0.25) is 0 Å². The van der Waals surface area contributed by atoms with Gasteiger partial charge in [-0.05, 0) is 38.5 Å². The van der Waals surface area contributed by atoms with Crippen molar-refractivity contribution < 1.29 is 9.18 Å². The molecule has 1 aliphatic heterocycles. The van der Waals surface area contributed by atoms with Crippen LogP contribution in [0.5, 0.6) is 0 Å². The summed E-state index contributed by atoms with van der Waals surface area (Å²) in [5.74, 6) is 0.517. The first-order valence-electron chi connectivity index (χ1n) is 9.24. The molecule has 1 aromatic rings. The summed E-state index contributed by atoms with van der Waals surface area (Å²) in [6.07, 6.45) is 0.247. The molecule has 1 amide bonds. The summed E-state index contributed by atoms with van der Waals surface area (Å²) in [5.41, 5.74) is 1.08. The van der Waals surface area contributed by atoms with Gasteiger partial charge in [-0.3, -0.25) is 9.79 Å². The molecule has 0 spiro atoms. The second-order valence-corrected chi connectivity index (χ2v) is 7.92. The predicted octanol–water partition coefficient (Wildman–Crippen LogP) is 3.19. The summed E-state index contributed by atoms with van der Waals surface area (Å²) in [6.45, 7) is 13.8. The molecule has 0 aromatic heterocycles. The van der Waals surface area contributed by atoms with Crippen molar-refractivity contribution in [1.82, 2.24) is 15.5 Å². The van der Waals surface area contributed by atoms with Crippen LogP contribution in [0, 0.1) is 11.2 Å². The van der Waals surface area contributed by atoms with Gasteiger partial charge in [-0.1, -0.05) is 26.0 Å². The Bertz CT molecular complexity index is 658. The molecule has 152 valence electrons. The Morgan fingerprint density at radius 1 is 1.19 bits per heavy atom. The molecule has 7 heteroatoms. The quantitative estimate of drug-likeness (QED) is 0.279. The Morgan fingerprint density at radius 2 is 1.81 bits per heavy atom. The van der Waals surface area contributed by atoms with Crippen LogP contribution in [0.4, 0.5) is 4.39 Å². The number of nitrogens with one attached hydrogen (secondary N) is 2. The second-order valence-electron chi connectivity index (χ2n) is 7.92. The first-order chi connectivity index (χ1) is 12.2. The van der Waals surface area contributed by atoms with E-state index in [0.717, 1.165) is 24.6 Å². The van der Waals surface area contributed by atoms with Crippen LogP contribution in [-0.4, -0.2) is 48.5 Å². The van der Waals surface area contributed by atoms with Crippen molar-refractivity contribution in [2.45, 2.75) is 46.6 Å². The fourth-order valence-corrected chi connectivity index (χ4v) is 3.00. The Kier molecular flexibility index (Phi) is 8.50. The molecule has 0 unspecified atom stereocenters. The van der Waals surface area contributed by atoms with E-state index in [0.29, 0.717) is 13.1 Å². The topological polar surface area (TPSA) is 56.7 Å². The van der Waals surface area contributed by atoms with Gasteiger partial charge in [0.1, 0.15) is 5.82 Å². The minimum Gasteiger partial charge on any atom is -0.356 e. The zero-order chi connectivity index (χ0) is 19.4. The number of rotatable bonds is 6. The van der Waals surface area contributed by atoms with Gasteiger partial charge in [0.2, 0.25) is 5.91 Å². The molecule has 0 saturated carbocycles. The van der Waals surface area contributed by atoms with E-state index in [1.807, 2.05) is 0 Å². The Labute approximate surface area is 179 Å². The van der Waals surface area contributed by atoms with Crippen LogP contribution < -0.4 is 10.6 Å². The summed E-state index contributed by atoms with van der Waals surface area (Å²) >= 11 is 0. The minimum atomic E-state index is -0.295. The molecular weight excluding hydrogens is 458 g/mol. The normalized spacial score (nSPS) is 17.6. The van der Waals surface area contributed by atoms with Gasteiger partial charge in [0.25, 0.3) is 0 Å². The number of carbonyl (C=O) groups excluding carboxylic acids is 1. The zero-order valence-corrected chi connectivity index (χ0v) is 19.3. The van der Waals surface area contributed by atoms with Crippen molar-refractivity contribution in [1.29, 1.82) is 0 Å². The maximum atomic E-state index is 12.9. The highest BCUT2D eigenvalue weighted by molar-refractivity contribution is 14.0. The summed E-state index contributed by atoms with van der Waals surface area (Å²) in [5, 5.41) is 6.21. The van der Waals surface area contributed by atoms with Crippen molar-refractivity contribution in [2.75, 3.05) is 26.2 Å². The molecule has 1 saturated heterocycles. The molecule has 2 N–H and O–H groups in total. The van der Waals surface area contributed by atoms with Crippen LogP contribution >= 0.6 is 24.0 Å². The van der Waals surface area contributed by atoms with Crippen molar-refractivity contribution in [3.63, 3.8) is 0 Å². The molecule has 0 aliphatic carbocycles. The third kappa shape index (κ3) is 5.80. The van der Waals surface area contributed by atoms with E-state index in [-0.39, 0.29) is 53.1 Å². The number of nitrogens with zero attached hydrogens (tertiary/aromatic N) is 2. The maximum Gasteiger partial charge on any atom is 0.224 e. The third-order valence-electron chi connectivity index (χ3n) is 5.45. The van der Waals surface area contributed by atoms with Crippen LogP contribution in [0.1, 0.15) is 40.2 Å². The van der Waals surface area contributed by atoms with Gasteiger partial charge in [-0.15, -0.1) is 24.0 Å². The van der Waals surface area contributed by atoms with Crippen LogP contribution in [0.25, 0.3) is 0 Å². The van der Waals surface area contributed by atoms with E-state index in [1.54, 1.807) is 12.1 Å². The highest BCUT2D eigenvalue weighted by Gasteiger charge is 2.53. The van der Waals surface area contributed by atoms with E-state index in [9.17, 15) is 9.18 Å². The van der Waals surface area contributed by atoms with Gasteiger partial charge in [-0.25, -0.2) is 4.39 Å². The highest BCUT2D eigenvalue weighted by Crippen LogP contribution is 2.46. The molecule has 27 heavy (non-hydrogen) atoms. The van der Waals surface area contributed by atoms with Gasteiger partial charge in [0.15, 0.2) is 5.96 Å². The first-order valence-corrected chi connectivity index (χ1v) is 9.24. The minimum absolute atomic E-state index is 0. The maximum absolute atomic E-state index is 12.9. The lowest BCUT2D eigenvalue weighted by atomic mass is 9.65. The van der Waals surface area contributed by atoms with Gasteiger partial charge >= 0.3 is 0 Å². The van der Waals surface area contributed by atoms with Crippen molar-refractivity contribution in [3.8, 4) is 0 Å². The van der Waals surface area contributed by atoms with Crippen molar-refractivity contribution >= 4 is 35.8 Å². The largest absolute Gasteiger partial charge is 0.356 e. The van der Waals surface area contributed by atoms with E-state index in [4.69, 9.17) is 0 Å². The fourth-order valence-electron chi connectivity index (χ4n) is 3.00. The lowest BCUT2D eigenvalue weighted by molar-refractivity contribution is -0.120. The zero-order valence-electron chi connectivity index (χ0n) is 16.9. The number of likely N-dealkylation sites (tertiary alicyclic amines) is 1. The van der Waals surface area contributed by atoms with Gasteiger partial charge in [0.05, 0.1) is 13.0 Å². The molecule has 1 aromatic carbocycles. The van der Waals surface area contributed by atoms with Gasteiger partial charge in [0, 0.05) is 30.6 Å². The molecule has 5 nitrogen and oxygen atoms in total. The molecular formula is C20H32FIN4O. The van der Waals surface area contributed by atoms with Crippen LogP contribution in [-0.2, 0) is 11.2 Å². The Balaban J connectivity index is 0.00000364. The average Bonchev–Trinajstić information content (AvgIpc) is 2.58. The number of amides is 1. The summed E-state index contributed by atoms with van der Waals surface area (Å²) in [7, 11) is 0. The Morgan fingerprint density at radius 3 is 2.33 bits per heavy atom. The van der Waals surface area contributed by atoms with Crippen molar-refractivity contribution in [2.24, 2.45) is 10.4 Å². The number of hydrogen-bond acceptors (Lipinski definition) is 2. The highest BCUT2D eigenvalue weighted by atomic mass is 127. The van der Waals surface area contributed by atoms with E-state index < -0.39 is 0 Å². The molecule has 1 fully saturated rings. The predicted molar refractivity (Wildman–Crippen MR) is 119 cm³/mol. The summed E-state index contributed by atoms with van der Waals surface area (Å²) < 4.78 is 12.9. The van der Waals surface area contributed by atoms with E-state index in [2.05, 4.69) is 55.1 Å². The lowest BCUT2D eigenvalue weighted by Crippen LogP contribution is -2.72. The van der Waals surface area contributed by atoms with E-state index in [1.165, 1.54) is 12.1 Å². The first kappa shape index (κ1) is 23.7. The molecule has 1 aliphatic rings. The summed E-state index contributed by atoms with van der Waals surface area (Å²) in [4.78, 5) is 18.9. The number of guanidine groups is 1. The van der Waals surface area contributed by atoms with Gasteiger partial charge in [-0.2, -0.15) is 0 Å². The third-order valence-corrected chi connectivity index (χ3v) is 5.45. The van der Waals surface area contributed by atoms with Crippen molar-refractivity contribution in [3.05, 3.63) is 35.6 Å². The molecule has 2 rings (SSSR count). The summed E-state index contributed by atoms with van der Waals surface area (Å²) in [6, 6.07) is 5.99. The number of hydrogen-bond donors (Lipinski definition) is 2. The van der Waals surface area contributed by atoms with Crippen LogP contribution in [0.3, 0.4) is 0 Å². The molecule has 0 bridgehead atoms. The molecule has 0 radical (unpaired) electrons. The second kappa shape index (κ2) is 9.71. The number of carbonyl (C=O) groups is 1. The standard InChI is InChI=1S/C20H31FN4O.HI/c1-6-22-18(25-14-19(2,3)20(25,4)5)24-12-11-23-17(26)13-15-7-9-16(21)10-8-15;/h7-10H,6,11-14H2,1-5H3,(H,22,24)(H,23,26);1H. The fraction of sp³-hybridized carbons (Fsp3) is 0.600. The van der Waals surface area contributed by atoms with E-state index >= 15 is 0 Å². The Hall–Kier alpha value is -1.38. The number of aliphatic imine (C=N–C) groups is 1. The monoisotopic (exact) mass is 490 g/mol. The van der Waals surface area contributed by atoms with Crippen LogP contribution in [0.15, 0.2) is 29.3 Å². The molecule has 1 heterocycles. The number of benzene rings is 1. The smallest absolute Gasteiger partial charge is 0.224 e. The average molecular weight is 490 g/mol. The SMILES string of the molecule is CCNC(=NCCNC(=O)Cc1ccc(F)cc1)N1CC(C)(C)C1(C)C.I. The number of halogens is 2. The van der Waals surface area contributed by atoms with Gasteiger partial charge < -0.3 is 15.5 Å². The molecule has 0 atom stereocenters.